The van der Waals surface area contributed by atoms with E-state index in [1.54, 1.807) is 19.1 Å². The zero-order valence-corrected chi connectivity index (χ0v) is 24.8. The van der Waals surface area contributed by atoms with Gasteiger partial charge in [-0.3, -0.25) is 9.59 Å². The van der Waals surface area contributed by atoms with E-state index in [4.69, 9.17) is 16.3 Å². The first kappa shape index (κ1) is 28.2. The molecule has 1 fully saturated rings. The van der Waals surface area contributed by atoms with Gasteiger partial charge >= 0.3 is 0 Å². The van der Waals surface area contributed by atoms with Crippen LogP contribution >= 0.6 is 22.9 Å². The Bertz CT molecular complexity index is 1490. The minimum atomic E-state index is -0.0140. The molecule has 0 spiro atoms. The van der Waals surface area contributed by atoms with Crippen molar-refractivity contribution in [2.45, 2.75) is 51.6 Å². The summed E-state index contributed by atoms with van der Waals surface area (Å²) in [6.07, 6.45) is 6.21. The predicted octanol–water partition coefficient (Wildman–Crippen LogP) is 8.43. The molecule has 2 amide bonds. The quantitative estimate of drug-likeness (QED) is 0.188. The largest absolute Gasteiger partial charge is 0.496 e. The highest BCUT2D eigenvalue weighted by atomic mass is 35.5. The molecule has 0 radical (unpaired) electrons. The van der Waals surface area contributed by atoms with E-state index in [2.05, 4.69) is 13.0 Å². The second kappa shape index (κ2) is 12.4. The number of ether oxygens (including phenoxy) is 1. The van der Waals surface area contributed by atoms with Crippen LogP contribution in [0.25, 0.3) is 21.2 Å². The van der Waals surface area contributed by atoms with Crippen LogP contribution in [-0.4, -0.2) is 37.4 Å². The Balaban J connectivity index is 1.50. The maximum atomic E-state index is 14.3. The zero-order chi connectivity index (χ0) is 28.2. The summed E-state index contributed by atoms with van der Waals surface area (Å²) in [7, 11) is 3.40. The normalized spacial score (nSPS) is 17.0. The van der Waals surface area contributed by atoms with Crippen LogP contribution in [0.2, 0.25) is 5.02 Å². The predicted molar refractivity (Wildman–Crippen MR) is 166 cm³/mol. The lowest BCUT2D eigenvalue weighted by atomic mass is 9.83. The molecule has 3 aromatic carbocycles. The molecule has 0 aliphatic heterocycles. The van der Waals surface area contributed by atoms with Gasteiger partial charge in [0.25, 0.3) is 5.91 Å². The monoisotopic (exact) mass is 574 g/mol. The molecule has 40 heavy (non-hydrogen) atoms. The molecule has 0 atom stereocenters. The van der Waals surface area contributed by atoms with E-state index in [-0.39, 0.29) is 11.9 Å². The maximum Gasteiger partial charge on any atom is 0.266 e. The van der Waals surface area contributed by atoms with E-state index in [1.807, 2.05) is 65.6 Å². The fraction of sp³-hybridized carbons (Fsp3) is 0.333. The molecular weight excluding hydrogens is 540 g/mol. The van der Waals surface area contributed by atoms with Gasteiger partial charge in [-0.1, -0.05) is 61.3 Å². The number of methoxy groups -OCH3 is 1. The van der Waals surface area contributed by atoms with Gasteiger partial charge in [-0.05, 0) is 73.1 Å². The molecule has 1 aliphatic carbocycles. The van der Waals surface area contributed by atoms with Crippen LogP contribution in [0.3, 0.4) is 0 Å². The Hall–Kier alpha value is -3.35. The minimum absolute atomic E-state index is 0.0140. The third-order valence-electron chi connectivity index (χ3n) is 8.21. The van der Waals surface area contributed by atoms with E-state index in [9.17, 15) is 9.59 Å². The Morgan fingerprint density at radius 3 is 2.38 bits per heavy atom. The van der Waals surface area contributed by atoms with Crippen LogP contribution < -0.4 is 9.64 Å². The summed E-state index contributed by atoms with van der Waals surface area (Å²) in [5, 5.41) is 1.47. The fourth-order valence-corrected chi connectivity index (χ4v) is 7.20. The average Bonchev–Trinajstić information content (AvgIpc) is 3.35. The molecule has 7 heteroatoms. The number of carbonyl (C=O) groups is 2. The van der Waals surface area contributed by atoms with E-state index in [1.165, 1.54) is 17.8 Å². The van der Waals surface area contributed by atoms with Crippen LogP contribution in [0.5, 0.6) is 5.75 Å². The van der Waals surface area contributed by atoms with Crippen molar-refractivity contribution in [3.05, 3.63) is 82.2 Å². The van der Waals surface area contributed by atoms with Gasteiger partial charge in [-0.25, -0.2) is 0 Å². The number of thiophene rings is 1. The Kier molecular flexibility index (Phi) is 8.77. The number of halogens is 1. The Morgan fingerprint density at radius 1 is 1.02 bits per heavy atom. The summed E-state index contributed by atoms with van der Waals surface area (Å²) in [4.78, 5) is 29.6. The van der Waals surface area contributed by atoms with Gasteiger partial charge in [-0.2, -0.15) is 0 Å². The number of hydrogen-bond acceptors (Lipinski definition) is 4. The number of benzene rings is 3. The van der Waals surface area contributed by atoms with Crippen LogP contribution in [0.1, 0.15) is 54.3 Å². The number of fused-ring (bicyclic) bond motifs is 1. The van der Waals surface area contributed by atoms with E-state index in [0.29, 0.717) is 16.4 Å². The van der Waals surface area contributed by atoms with Crippen LogP contribution in [0.15, 0.2) is 66.7 Å². The highest BCUT2D eigenvalue weighted by Crippen LogP contribution is 2.39. The van der Waals surface area contributed by atoms with E-state index in [0.717, 1.165) is 76.2 Å². The first-order valence-corrected chi connectivity index (χ1v) is 15.1. The van der Waals surface area contributed by atoms with E-state index < -0.39 is 0 Å². The van der Waals surface area contributed by atoms with Gasteiger partial charge in [0.15, 0.2) is 0 Å². The summed E-state index contributed by atoms with van der Waals surface area (Å²) in [6, 6.07) is 22.1. The summed E-state index contributed by atoms with van der Waals surface area (Å²) < 4.78 is 6.80. The lowest BCUT2D eigenvalue weighted by Crippen LogP contribution is -2.41. The van der Waals surface area contributed by atoms with Gasteiger partial charge in [0.1, 0.15) is 10.6 Å². The topological polar surface area (TPSA) is 49.9 Å². The molecule has 0 unspecified atom stereocenters. The number of amides is 2. The Labute approximate surface area is 245 Å². The summed E-state index contributed by atoms with van der Waals surface area (Å²) in [5.41, 5.74) is 3.84. The van der Waals surface area contributed by atoms with E-state index >= 15 is 0 Å². The van der Waals surface area contributed by atoms with Gasteiger partial charge in [0.05, 0.1) is 12.1 Å². The number of hydrogen-bond donors (Lipinski definition) is 0. The number of nitrogens with zero attached hydrogens (tertiary/aromatic N) is 2. The summed E-state index contributed by atoms with van der Waals surface area (Å²) in [5.74, 6) is 1.46. The molecule has 4 aromatic rings. The van der Waals surface area contributed by atoms with Crippen LogP contribution in [0, 0.1) is 5.92 Å². The van der Waals surface area contributed by atoms with Crippen molar-refractivity contribution in [2.75, 3.05) is 19.1 Å². The summed E-state index contributed by atoms with van der Waals surface area (Å²) >= 11 is 8.28. The highest BCUT2D eigenvalue weighted by Gasteiger charge is 2.32. The lowest BCUT2D eigenvalue weighted by Gasteiger charge is -2.37. The molecule has 5 nitrogen and oxygen atoms in total. The molecule has 1 heterocycles. The molecule has 1 saturated carbocycles. The van der Waals surface area contributed by atoms with Crippen LogP contribution in [0.4, 0.5) is 5.69 Å². The SMILES string of the molecule is CC[C@H]1CC[C@H](N(Cc2cc(-c3ccc(N(C)C=O)cc3)ccc2OC)C(=O)c2sc3ccccc3c2Cl)CC1. The number of rotatable bonds is 9. The van der Waals surface area contributed by atoms with Crippen molar-refractivity contribution < 1.29 is 14.3 Å². The first-order chi connectivity index (χ1) is 19.4. The molecule has 0 saturated heterocycles. The minimum Gasteiger partial charge on any atom is -0.496 e. The highest BCUT2D eigenvalue weighted by molar-refractivity contribution is 7.21. The molecule has 0 bridgehead atoms. The second-order valence-corrected chi connectivity index (χ2v) is 12.0. The first-order valence-electron chi connectivity index (χ1n) is 13.9. The van der Waals surface area contributed by atoms with Gasteiger partial charge in [0, 0.05) is 41.0 Å². The average molecular weight is 575 g/mol. The van der Waals surface area contributed by atoms with Gasteiger partial charge in [-0.15, -0.1) is 11.3 Å². The molecule has 208 valence electrons. The molecule has 5 rings (SSSR count). The fourth-order valence-electron chi connectivity index (χ4n) is 5.73. The second-order valence-electron chi connectivity index (χ2n) is 10.5. The third kappa shape index (κ3) is 5.74. The van der Waals surface area contributed by atoms with Crippen molar-refractivity contribution in [3.63, 3.8) is 0 Å². The van der Waals surface area contributed by atoms with Crippen molar-refractivity contribution in [1.29, 1.82) is 0 Å². The van der Waals surface area contributed by atoms with Gasteiger partial charge < -0.3 is 14.5 Å². The molecule has 0 N–H and O–H groups in total. The van der Waals surface area contributed by atoms with Crippen molar-refractivity contribution >= 4 is 51.0 Å². The van der Waals surface area contributed by atoms with Crippen molar-refractivity contribution in [2.24, 2.45) is 5.92 Å². The molecular formula is C33H35ClN2O3S. The Morgan fingerprint density at radius 2 is 1.73 bits per heavy atom. The van der Waals surface area contributed by atoms with Crippen molar-refractivity contribution in [3.8, 4) is 16.9 Å². The summed E-state index contributed by atoms with van der Waals surface area (Å²) in [6.45, 7) is 2.69. The lowest BCUT2D eigenvalue weighted by molar-refractivity contribution is -0.107. The van der Waals surface area contributed by atoms with Gasteiger partial charge in [0.2, 0.25) is 6.41 Å². The smallest absolute Gasteiger partial charge is 0.266 e. The number of anilines is 1. The molecule has 1 aliphatic rings. The molecule has 1 aromatic heterocycles. The maximum absolute atomic E-state index is 14.3. The standard InChI is InChI=1S/C33H35ClN2O3S/c1-4-22-9-14-27(15-10-22)36(33(38)32-31(34)28-7-5-6-8-30(28)40-32)20-25-19-24(13-18-29(25)39-3)23-11-16-26(17-12-23)35(2)21-37/h5-8,11-13,16-19,21-22,27H,4,9-10,14-15,20H2,1-3H3/t22-,27-. The van der Waals surface area contributed by atoms with Crippen molar-refractivity contribution in [1.82, 2.24) is 4.90 Å². The van der Waals surface area contributed by atoms with Crippen LogP contribution in [-0.2, 0) is 11.3 Å². The zero-order valence-electron chi connectivity index (χ0n) is 23.2. The number of carbonyl (C=O) groups excluding carboxylic acids is 2. The third-order valence-corrected chi connectivity index (χ3v) is 9.87.